The number of hydrogen-bond donors (Lipinski definition) is 1. The van der Waals surface area contributed by atoms with Crippen molar-refractivity contribution in [2.75, 3.05) is 6.54 Å². The molecular weight excluding hydrogens is 218 g/mol. The van der Waals surface area contributed by atoms with Gasteiger partial charge in [0.2, 0.25) is 5.91 Å². The molecule has 1 saturated heterocycles. The fourth-order valence-electron chi connectivity index (χ4n) is 1.37. The van der Waals surface area contributed by atoms with Crippen LogP contribution in [0.3, 0.4) is 0 Å². The Bertz CT molecular complexity index is 284. The van der Waals surface area contributed by atoms with Crippen LogP contribution in [0.1, 0.15) is 39.0 Å². The van der Waals surface area contributed by atoms with Crippen LogP contribution in [0, 0.1) is 0 Å². The third-order valence-electron chi connectivity index (χ3n) is 2.32. The molecule has 4 heteroatoms. The lowest BCUT2D eigenvalue weighted by Gasteiger charge is -2.05. The van der Waals surface area contributed by atoms with Gasteiger partial charge in [-0.3, -0.25) is 4.79 Å². The summed E-state index contributed by atoms with van der Waals surface area (Å²) >= 11 is 0. The molecule has 0 aromatic rings. The highest BCUT2D eigenvalue weighted by Crippen LogP contribution is 2.08. The fraction of sp³-hybridized carbons (Fsp3) is 0.538. The second-order valence-corrected chi connectivity index (χ2v) is 3.76. The van der Waals surface area contributed by atoms with E-state index in [0.717, 1.165) is 32.2 Å². The number of rotatable bonds is 5. The summed E-state index contributed by atoms with van der Waals surface area (Å²) in [5, 5.41) is 8.13. The van der Waals surface area contributed by atoms with Crippen LogP contribution in [0.5, 0.6) is 0 Å². The van der Waals surface area contributed by atoms with Gasteiger partial charge in [0.1, 0.15) is 0 Å². The van der Waals surface area contributed by atoms with Gasteiger partial charge in [0.25, 0.3) is 0 Å². The van der Waals surface area contributed by atoms with Crippen molar-refractivity contribution in [3.63, 3.8) is 0 Å². The van der Waals surface area contributed by atoms with Gasteiger partial charge in [-0.15, -0.1) is 0 Å². The zero-order chi connectivity index (χ0) is 13.1. The molecule has 1 heterocycles. The lowest BCUT2D eigenvalue weighted by Crippen LogP contribution is -2.16. The van der Waals surface area contributed by atoms with E-state index in [0.29, 0.717) is 6.42 Å². The van der Waals surface area contributed by atoms with E-state index in [4.69, 9.17) is 5.11 Å². The quantitative estimate of drug-likeness (QED) is 0.592. The SMILES string of the molecule is C=CN1CCCC1=O.CCCCC=CC(=O)O. The first-order valence-electron chi connectivity index (χ1n) is 5.93. The Labute approximate surface area is 103 Å². The first kappa shape index (κ1) is 15.4. The van der Waals surface area contributed by atoms with Gasteiger partial charge < -0.3 is 10.0 Å². The van der Waals surface area contributed by atoms with Crippen molar-refractivity contribution in [1.82, 2.24) is 4.90 Å². The minimum Gasteiger partial charge on any atom is -0.478 e. The molecule has 1 rings (SSSR count). The zero-order valence-corrected chi connectivity index (χ0v) is 10.4. The largest absolute Gasteiger partial charge is 0.478 e. The monoisotopic (exact) mass is 239 g/mol. The first-order valence-corrected chi connectivity index (χ1v) is 5.93. The van der Waals surface area contributed by atoms with Gasteiger partial charge in [0, 0.05) is 19.0 Å². The summed E-state index contributed by atoms with van der Waals surface area (Å²) in [5.41, 5.74) is 0. The van der Waals surface area contributed by atoms with Gasteiger partial charge in [-0.2, -0.15) is 0 Å². The van der Waals surface area contributed by atoms with Crippen LogP contribution < -0.4 is 0 Å². The van der Waals surface area contributed by atoms with E-state index >= 15 is 0 Å². The number of unbranched alkanes of at least 4 members (excludes halogenated alkanes) is 2. The lowest BCUT2D eigenvalue weighted by molar-refractivity contribution is -0.131. The van der Waals surface area contributed by atoms with Crippen molar-refractivity contribution in [3.05, 3.63) is 24.9 Å². The smallest absolute Gasteiger partial charge is 0.327 e. The summed E-state index contributed by atoms with van der Waals surface area (Å²) in [4.78, 5) is 22.2. The molecule has 0 atom stereocenters. The van der Waals surface area contributed by atoms with Crippen molar-refractivity contribution in [2.45, 2.75) is 39.0 Å². The second-order valence-electron chi connectivity index (χ2n) is 3.76. The molecule has 96 valence electrons. The topological polar surface area (TPSA) is 57.6 Å². The van der Waals surface area contributed by atoms with E-state index < -0.39 is 5.97 Å². The van der Waals surface area contributed by atoms with E-state index in [1.54, 1.807) is 17.2 Å². The number of carbonyl (C=O) groups is 2. The number of carboxylic acid groups (broad SMARTS) is 1. The van der Waals surface area contributed by atoms with Crippen LogP contribution in [-0.2, 0) is 9.59 Å². The minimum atomic E-state index is -0.855. The summed E-state index contributed by atoms with van der Waals surface area (Å²) in [6.45, 7) is 6.44. The highest BCUT2D eigenvalue weighted by molar-refractivity contribution is 5.79. The molecule has 1 aliphatic heterocycles. The summed E-state index contributed by atoms with van der Waals surface area (Å²) in [7, 11) is 0. The van der Waals surface area contributed by atoms with Gasteiger partial charge in [0.05, 0.1) is 0 Å². The van der Waals surface area contributed by atoms with Crippen molar-refractivity contribution < 1.29 is 14.7 Å². The zero-order valence-electron chi connectivity index (χ0n) is 10.4. The predicted octanol–water partition coefficient (Wildman–Crippen LogP) is 2.57. The van der Waals surface area contributed by atoms with Gasteiger partial charge >= 0.3 is 5.97 Å². The maximum absolute atomic E-state index is 10.7. The number of nitrogens with zero attached hydrogens (tertiary/aromatic N) is 1. The van der Waals surface area contributed by atoms with Crippen molar-refractivity contribution in [1.29, 1.82) is 0 Å². The van der Waals surface area contributed by atoms with Crippen LogP contribution >= 0.6 is 0 Å². The molecule has 17 heavy (non-hydrogen) atoms. The van der Waals surface area contributed by atoms with Crippen molar-refractivity contribution in [2.24, 2.45) is 0 Å². The number of aliphatic carboxylic acids is 1. The summed E-state index contributed by atoms with van der Waals surface area (Å²) < 4.78 is 0. The van der Waals surface area contributed by atoms with E-state index in [9.17, 15) is 9.59 Å². The van der Waals surface area contributed by atoms with Crippen LogP contribution in [0.2, 0.25) is 0 Å². The van der Waals surface area contributed by atoms with E-state index in [1.807, 2.05) is 0 Å². The first-order chi connectivity index (χ1) is 8.11. The third kappa shape index (κ3) is 8.25. The highest BCUT2D eigenvalue weighted by Gasteiger charge is 2.15. The van der Waals surface area contributed by atoms with E-state index in [2.05, 4.69) is 13.5 Å². The molecule has 1 aliphatic rings. The van der Waals surface area contributed by atoms with Gasteiger partial charge in [-0.25, -0.2) is 4.79 Å². The van der Waals surface area contributed by atoms with Crippen molar-refractivity contribution in [3.8, 4) is 0 Å². The van der Waals surface area contributed by atoms with Gasteiger partial charge in [-0.05, 0) is 19.0 Å². The number of amides is 1. The van der Waals surface area contributed by atoms with E-state index in [1.165, 1.54) is 6.08 Å². The number of carboxylic acids is 1. The molecule has 0 aliphatic carbocycles. The molecule has 0 aromatic carbocycles. The average Bonchev–Trinajstić information content (AvgIpc) is 2.71. The van der Waals surface area contributed by atoms with Crippen LogP contribution in [0.4, 0.5) is 0 Å². The van der Waals surface area contributed by atoms with Crippen LogP contribution in [-0.4, -0.2) is 28.4 Å². The number of hydrogen-bond acceptors (Lipinski definition) is 2. The Morgan fingerprint density at radius 1 is 1.59 bits per heavy atom. The maximum Gasteiger partial charge on any atom is 0.327 e. The minimum absolute atomic E-state index is 0.208. The summed E-state index contributed by atoms with van der Waals surface area (Å²) in [5.74, 6) is -0.647. The molecule has 0 saturated carbocycles. The molecule has 0 aromatic heterocycles. The predicted molar refractivity (Wildman–Crippen MR) is 67.4 cm³/mol. The molecule has 0 unspecified atom stereocenters. The summed E-state index contributed by atoms with van der Waals surface area (Å²) in [6, 6.07) is 0. The van der Waals surface area contributed by atoms with Gasteiger partial charge in [0.15, 0.2) is 0 Å². The van der Waals surface area contributed by atoms with Crippen molar-refractivity contribution >= 4 is 11.9 Å². The highest BCUT2D eigenvalue weighted by atomic mass is 16.4. The molecule has 4 nitrogen and oxygen atoms in total. The summed E-state index contributed by atoms with van der Waals surface area (Å²) in [6.07, 6.45) is 9.23. The normalized spacial score (nSPS) is 14.6. The van der Waals surface area contributed by atoms with Gasteiger partial charge in [-0.1, -0.05) is 32.4 Å². The Balaban J connectivity index is 0.000000302. The molecule has 0 spiro atoms. The third-order valence-corrected chi connectivity index (χ3v) is 2.32. The molecule has 1 fully saturated rings. The Morgan fingerprint density at radius 3 is 2.65 bits per heavy atom. The molecule has 1 amide bonds. The molecule has 0 bridgehead atoms. The number of allylic oxidation sites excluding steroid dienone is 1. The molecular formula is C13H21NO3. The maximum atomic E-state index is 10.7. The Morgan fingerprint density at radius 2 is 2.29 bits per heavy atom. The fourth-order valence-corrected chi connectivity index (χ4v) is 1.37. The Hall–Kier alpha value is -1.58. The lowest BCUT2D eigenvalue weighted by atomic mass is 10.2. The molecule has 0 radical (unpaired) electrons. The molecule has 1 N–H and O–H groups in total. The van der Waals surface area contributed by atoms with Crippen LogP contribution in [0.15, 0.2) is 24.9 Å². The standard InChI is InChI=1S/C7H12O2.C6H9NO/c1-2-3-4-5-6-7(8)9;1-2-7-5-3-4-6(7)8/h5-6H,2-4H2,1H3,(H,8,9);2H,1,3-5H2. The number of likely N-dealkylation sites (tertiary alicyclic amines) is 1. The van der Waals surface area contributed by atoms with E-state index in [-0.39, 0.29) is 5.91 Å². The number of carbonyl (C=O) groups excluding carboxylic acids is 1. The second kappa shape index (κ2) is 9.63. The average molecular weight is 239 g/mol. The van der Waals surface area contributed by atoms with Crippen LogP contribution in [0.25, 0.3) is 0 Å². The Kier molecular flexibility index (Phi) is 8.74.